The predicted octanol–water partition coefficient (Wildman–Crippen LogP) is -0.937. The summed E-state index contributed by atoms with van der Waals surface area (Å²) in [5.41, 5.74) is 18.8. The van der Waals surface area contributed by atoms with Gasteiger partial charge < -0.3 is 48.3 Å². The largest absolute Gasteiger partial charge is 0.508 e. The molecule has 4 atom stereocenters. The molecule has 240 valence electrons. The lowest BCUT2D eigenvalue weighted by atomic mass is 10.0. The highest BCUT2D eigenvalue weighted by Crippen LogP contribution is 2.12. The number of aromatic amines is 1. The Morgan fingerprint density at radius 1 is 0.822 bits per heavy atom. The van der Waals surface area contributed by atoms with E-state index in [2.05, 4.69) is 30.9 Å². The van der Waals surface area contributed by atoms with Crippen LogP contribution in [0.5, 0.6) is 5.75 Å². The number of aliphatic imine (C=N–C) groups is 1. The van der Waals surface area contributed by atoms with Gasteiger partial charge in [0, 0.05) is 37.7 Å². The number of aromatic nitrogens is 2. The van der Waals surface area contributed by atoms with Crippen LogP contribution in [0.4, 0.5) is 0 Å². The van der Waals surface area contributed by atoms with E-state index in [-0.39, 0.29) is 50.4 Å². The van der Waals surface area contributed by atoms with Gasteiger partial charge in [-0.3, -0.25) is 19.4 Å². The van der Waals surface area contributed by atoms with Gasteiger partial charge in [0.05, 0.1) is 12.4 Å². The SMILES string of the molecule is NC(N)=NCCCC(NC(=O)C(Cc1ccccc1)NC(=O)C(N)Cc1cnc[nH]1)C(=O)NC(Cc1ccc(O)cc1)C(=O)O. The topological polar surface area (TPSA) is 264 Å². The number of carbonyl (C=O) groups excluding carboxylic acids is 3. The zero-order chi connectivity index (χ0) is 32.8. The lowest BCUT2D eigenvalue weighted by Gasteiger charge is -2.25. The normalized spacial score (nSPS) is 13.4. The molecular formula is C30H39N9O6. The number of phenolic OH excluding ortho intramolecular Hbond substituents is 1. The van der Waals surface area contributed by atoms with Crippen molar-refractivity contribution in [2.75, 3.05) is 6.54 Å². The van der Waals surface area contributed by atoms with E-state index < -0.39 is 47.9 Å². The second kappa shape index (κ2) is 17.0. The molecular weight excluding hydrogens is 582 g/mol. The van der Waals surface area contributed by atoms with Crippen molar-refractivity contribution in [3.05, 3.63) is 83.9 Å². The van der Waals surface area contributed by atoms with Crippen LogP contribution in [-0.2, 0) is 38.4 Å². The number of carbonyl (C=O) groups is 4. The number of nitrogens with two attached hydrogens (primary N) is 3. The molecule has 0 radical (unpaired) electrons. The lowest BCUT2D eigenvalue weighted by Crippen LogP contribution is -2.58. The number of hydrogen-bond donors (Lipinski definition) is 9. The van der Waals surface area contributed by atoms with Gasteiger partial charge in [0.1, 0.15) is 23.9 Å². The Morgan fingerprint density at radius 2 is 1.42 bits per heavy atom. The molecule has 15 heteroatoms. The summed E-state index contributed by atoms with van der Waals surface area (Å²) in [5, 5.41) is 27.2. The summed E-state index contributed by atoms with van der Waals surface area (Å²) in [4.78, 5) is 62.8. The molecule has 1 heterocycles. The second-order valence-electron chi connectivity index (χ2n) is 10.4. The van der Waals surface area contributed by atoms with Crippen molar-refractivity contribution in [1.82, 2.24) is 25.9 Å². The number of carboxylic acid groups (broad SMARTS) is 1. The van der Waals surface area contributed by atoms with Gasteiger partial charge in [0.25, 0.3) is 0 Å². The van der Waals surface area contributed by atoms with Gasteiger partial charge in [0.2, 0.25) is 17.7 Å². The molecule has 1 aromatic heterocycles. The lowest BCUT2D eigenvalue weighted by molar-refractivity contribution is -0.142. The first-order chi connectivity index (χ1) is 21.5. The van der Waals surface area contributed by atoms with Crippen LogP contribution in [0.15, 0.2) is 72.1 Å². The maximum absolute atomic E-state index is 13.7. The molecule has 4 unspecified atom stereocenters. The fourth-order valence-corrected chi connectivity index (χ4v) is 4.45. The highest BCUT2D eigenvalue weighted by molar-refractivity contribution is 5.94. The fourth-order valence-electron chi connectivity index (χ4n) is 4.45. The molecule has 0 saturated heterocycles. The summed E-state index contributed by atoms with van der Waals surface area (Å²) in [6.45, 7) is 0.157. The smallest absolute Gasteiger partial charge is 0.326 e. The molecule has 0 aliphatic heterocycles. The molecule has 3 rings (SSSR count). The fraction of sp³-hybridized carbons (Fsp3) is 0.333. The number of carboxylic acids is 1. The molecule has 45 heavy (non-hydrogen) atoms. The number of rotatable bonds is 17. The van der Waals surface area contributed by atoms with Gasteiger partial charge in [-0.1, -0.05) is 42.5 Å². The van der Waals surface area contributed by atoms with Crippen LogP contribution in [0.1, 0.15) is 29.7 Å². The highest BCUT2D eigenvalue weighted by atomic mass is 16.4. The number of hydrogen-bond acceptors (Lipinski definition) is 8. The summed E-state index contributed by atoms with van der Waals surface area (Å²) in [7, 11) is 0. The third-order valence-electron chi connectivity index (χ3n) is 6.82. The number of aliphatic carboxylic acids is 1. The van der Waals surface area contributed by atoms with Crippen molar-refractivity contribution in [3.8, 4) is 5.75 Å². The number of benzene rings is 2. The van der Waals surface area contributed by atoms with Crippen molar-refractivity contribution >= 4 is 29.7 Å². The Kier molecular flexibility index (Phi) is 12.9. The summed E-state index contributed by atoms with van der Waals surface area (Å²) in [6, 6.07) is 10.2. The van der Waals surface area contributed by atoms with Crippen molar-refractivity contribution in [2.45, 2.75) is 56.3 Å². The molecule has 0 spiro atoms. The van der Waals surface area contributed by atoms with Crippen LogP contribution < -0.4 is 33.2 Å². The molecule has 0 saturated carbocycles. The van der Waals surface area contributed by atoms with E-state index in [1.54, 1.807) is 42.6 Å². The summed E-state index contributed by atoms with van der Waals surface area (Å²) >= 11 is 0. The van der Waals surface area contributed by atoms with Gasteiger partial charge in [-0.05, 0) is 36.1 Å². The van der Waals surface area contributed by atoms with E-state index in [9.17, 15) is 29.4 Å². The minimum Gasteiger partial charge on any atom is -0.508 e. The van der Waals surface area contributed by atoms with Crippen LogP contribution in [0, 0.1) is 0 Å². The minimum atomic E-state index is -1.33. The maximum Gasteiger partial charge on any atom is 0.326 e. The number of phenols is 1. The third kappa shape index (κ3) is 11.6. The summed E-state index contributed by atoms with van der Waals surface area (Å²) in [6.07, 6.45) is 3.51. The van der Waals surface area contributed by atoms with Crippen LogP contribution in [0.2, 0.25) is 0 Å². The van der Waals surface area contributed by atoms with Gasteiger partial charge in [-0.2, -0.15) is 0 Å². The monoisotopic (exact) mass is 621 g/mol. The van der Waals surface area contributed by atoms with Gasteiger partial charge in [-0.15, -0.1) is 0 Å². The van der Waals surface area contributed by atoms with Crippen LogP contribution in [0.25, 0.3) is 0 Å². The Hall–Kier alpha value is -5.44. The minimum absolute atomic E-state index is 0.0117. The van der Waals surface area contributed by atoms with Crippen molar-refractivity contribution in [2.24, 2.45) is 22.2 Å². The third-order valence-corrected chi connectivity index (χ3v) is 6.82. The average molecular weight is 622 g/mol. The van der Waals surface area contributed by atoms with Crippen LogP contribution in [-0.4, -0.2) is 80.5 Å². The van der Waals surface area contributed by atoms with Gasteiger partial charge >= 0.3 is 5.97 Å². The highest BCUT2D eigenvalue weighted by Gasteiger charge is 2.30. The van der Waals surface area contributed by atoms with Crippen molar-refractivity contribution in [3.63, 3.8) is 0 Å². The molecule has 12 N–H and O–H groups in total. The number of H-pyrrole nitrogens is 1. The Morgan fingerprint density at radius 3 is 2.04 bits per heavy atom. The van der Waals surface area contributed by atoms with E-state index in [0.717, 1.165) is 5.56 Å². The number of nitrogens with one attached hydrogen (secondary N) is 4. The molecule has 0 fully saturated rings. The first-order valence-corrected chi connectivity index (χ1v) is 14.3. The first kappa shape index (κ1) is 34.1. The molecule has 15 nitrogen and oxygen atoms in total. The van der Waals surface area contributed by atoms with E-state index in [0.29, 0.717) is 11.3 Å². The Bertz CT molecular complexity index is 1430. The second-order valence-corrected chi connectivity index (χ2v) is 10.4. The van der Waals surface area contributed by atoms with Gasteiger partial charge in [-0.25, -0.2) is 9.78 Å². The van der Waals surface area contributed by atoms with Crippen molar-refractivity contribution < 1.29 is 29.4 Å². The van der Waals surface area contributed by atoms with Crippen molar-refractivity contribution in [1.29, 1.82) is 0 Å². The number of imidazole rings is 1. The van der Waals surface area contributed by atoms with Crippen LogP contribution in [0.3, 0.4) is 0 Å². The van der Waals surface area contributed by atoms with E-state index in [1.807, 2.05) is 6.07 Å². The Balaban J connectivity index is 1.78. The molecule has 0 aliphatic carbocycles. The molecule has 3 amide bonds. The predicted molar refractivity (Wildman–Crippen MR) is 166 cm³/mol. The maximum atomic E-state index is 13.7. The number of guanidine groups is 1. The molecule has 0 aliphatic rings. The molecule has 2 aromatic carbocycles. The number of nitrogens with zero attached hydrogens (tertiary/aromatic N) is 2. The molecule has 0 bridgehead atoms. The van der Waals surface area contributed by atoms with E-state index >= 15 is 0 Å². The number of amides is 3. The van der Waals surface area contributed by atoms with E-state index in [1.165, 1.54) is 18.5 Å². The standard InChI is InChI=1S/C30H39N9O6/c31-22(15-20-16-34-17-36-20)26(41)38-24(13-18-5-2-1-3-6-18)28(43)37-23(7-4-12-35-30(32)33)27(42)39-25(29(44)45)14-19-8-10-21(40)11-9-19/h1-3,5-6,8-11,16-17,22-25,40H,4,7,12-15,31H2,(H,34,36)(H,37,43)(H,38,41)(H,39,42)(H,44,45)(H4,32,33,35). The zero-order valence-electron chi connectivity index (χ0n) is 24.6. The van der Waals surface area contributed by atoms with Crippen LogP contribution >= 0.6 is 0 Å². The first-order valence-electron chi connectivity index (χ1n) is 14.3. The zero-order valence-corrected chi connectivity index (χ0v) is 24.6. The summed E-state index contributed by atoms with van der Waals surface area (Å²) in [5.74, 6) is -3.43. The quantitative estimate of drug-likeness (QED) is 0.0507. The average Bonchev–Trinajstić information content (AvgIpc) is 3.52. The van der Waals surface area contributed by atoms with Gasteiger partial charge in [0.15, 0.2) is 5.96 Å². The molecule has 3 aromatic rings. The Labute approximate surface area is 259 Å². The summed E-state index contributed by atoms with van der Waals surface area (Å²) < 4.78 is 0. The van der Waals surface area contributed by atoms with E-state index in [4.69, 9.17) is 17.2 Å². The number of aromatic hydroxyl groups is 1.